The summed E-state index contributed by atoms with van der Waals surface area (Å²) in [5.74, 6) is -1.34. The number of halogens is 4. The summed E-state index contributed by atoms with van der Waals surface area (Å²) in [7, 11) is 0. The molecule has 38 heavy (non-hydrogen) atoms. The van der Waals surface area contributed by atoms with Gasteiger partial charge in [0, 0.05) is 58.4 Å². The number of benzene rings is 2. The van der Waals surface area contributed by atoms with E-state index < -0.39 is 23.4 Å². The number of piperazine rings is 1. The fraction of sp³-hybridized carbons (Fsp3) is 0.346. The molecule has 5 rings (SSSR count). The van der Waals surface area contributed by atoms with Crippen molar-refractivity contribution < 1.29 is 18.7 Å². The molecule has 3 heterocycles. The van der Waals surface area contributed by atoms with Crippen molar-refractivity contribution in [3.8, 4) is 11.1 Å². The van der Waals surface area contributed by atoms with E-state index in [4.69, 9.17) is 23.2 Å². The van der Waals surface area contributed by atoms with E-state index in [0.717, 1.165) is 0 Å². The lowest BCUT2D eigenvalue weighted by molar-refractivity contribution is -0.130. The molecule has 2 aliphatic heterocycles. The second-order valence-electron chi connectivity index (χ2n) is 9.55. The van der Waals surface area contributed by atoms with Gasteiger partial charge in [0.2, 0.25) is 5.91 Å². The predicted molar refractivity (Wildman–Crippen MR) is 146 cm³/mol. The Balaban J connectivity index is 1.76. The van der Waals surface area contributed by atoms with Gasteiger partial charge in [-0.2, -0.15) is 4.98 Å². The van der Waals surface area contributed by atoms with Crippen LogP contribution >= 0.6 is 35.0 Å². The normalized spacial score (nSPS) is 21.5. The molecular formula is C26H24Cl2F2N4O3S. The molecule has 0 saturated carbocycles. The molecule has 1 unspecified atom stereocenters. The predicted octanol–water partition coefficient (Wildman–Crippen LogP) is 4.73. The highest BCUT2D eigenvalue weighted by atomic mass is 35.5. The van der Waals surface area contributed by atoms with Gasteiger partial charge in [-0.05, 0) is 32.1 Å². The fourth-order valence-corrected chi connectivity index (χ4v) is 7.07. The van der Waals surface area contributed by atoms with E-state index in [1.807, 2.05) is 18.7 Å². The molecule has 1 fully saturated rings. The minimum Gasteiger partial charge on any atom is -0.390 e. The Morgan fingerprint density at radius 1 is 1.13 bits per heavy atom. The van der Waals surface area contributed by atoms with E-state index in [1.165, 1.54) is 28.5 Å². The maximum absolute atomic E-state index is 15.0. The zero-order valence-electron chi connectivity index (χ0n) is 20.5. The third-order valence-corrected chi connectivity index (χ3v) is 8.72. The highest BCUT2D eigenvalue weighted by Crippen LogP contribution is 2.46. The van der Waals surface area contributed by atoms with Gasteiger partial charge in [0.15, 0.2) is 0 Å². The number of aromatic nitrogens is 2. The first kappa shape index (κ1) is 26.9. The van der Waals surface area contributed by atoms with Crippen LogP contribution in [0.4, 0.5) is 14.6 Å². The highest BCUT2D eigenvalue weighted by molar-refractivity contribution is 7.99. The van der Waals surface area contributed by atoms with E-state index in [2.05, 4.69) is 11.6 Å². The Hall–Kier alpha value is -2.66. The zero-order chi connectivity index (χ0) is 27.5. The summed E-state index contributed by atoms with van der Waals surface area (Å²) in [6.45, 7) is 8.21. The maximum Gasteiger partial charge on any atom is 0.350 e. The number of nitrogens with zero attached hydrogens (tertiary/aromatic N) is 4. The van der Waals surface area contributed by atoms with E-state index in [9.17, 15) is 19.1 Å². The van der Waals surface area contributed by atoms with Crippen molar-refractivity contribution in [2.45, 2.75) is 43.5 Å². The van der Waals surface area contributed by atoms with Gasteiger partial charge in [0.25, 0.3) is 0 Å². The van der Waals surface area contributed by atoms with Crippen molar-refractivity contribution in [3.63, 3.8) is 0 Å². The molecule has 7 nitrogen and oxygen atoms in total. The number of carbonyl (C=O) groups is 1. The Labute approximate surface area is 231 Å². The molecule has 2 aliphatic rings. The van der Waals surface area contributed by atoms with Crippen LogP contribution in [0.3, 0.4) is 0 Å². The van der Waals surface area contributed by atoms with E-state index in [-0.39, 0.29) is 51.5 Å². The molecule has 3 atom stereocenters. The van der Waals surface area contributed by atoms with Gasteiger partial charge in [-0.15, -0.1) is 11.8 Å². The SMILES string of the molecule is C=CC(=O)N1[C@H](C)CN(c2nc(=O)n3c4c(c(-c5cc(Cl)c(F)cc5F)c(Cl)cc24)SCC(O)C3)C[C@@H]1C. The summed E-state index contributed by atoms with van der Waals surface area (Å²) in [4.78, 5) is 34.3. The second kappa shape index (κ2) is 10.1. The molecule has 12 heteroatoms. The van der Waals surface area contributed by atoms with Crippen molar-refractivity contribution in [3.05, 3.63) is 63.0 Å². The van der Waals surface area contributed by atoms with Crippen molar-refractivity contribution in [1.29, 1.82) is 0 Å². The number of hydrogen-bond donors (Lipinski definition) is 1. The van der Waals surface area contributed by atoms with Gasteiger partial charge in [-0.3, -0.25) is 9.36 Å². The summed E-state index contributed by atoms with van der Waals surface area (Å²) in [6.07, 6.45) is 0.409. The molecule has 0 bridgehead atoms. The number of carbonyl (C=O) groups excluding carboxylic acids is 1. The standard InChI is InChI=1S/C26H24Cl2F2N4O3S/c1-4-21(36)34-12(2)8-32(9-13(34)3)25-16-6-18(28)22(15-5-17(27)20(30)7-19(15)29)24-23(16)33(26(37)31-25)10-14(35)11-38-24/h4-7,12-14,35H,1,8-11H2,2-3H3/t12-,13+,14?. The molecular weight excluding hydrogens is 557 g/mol. The quantitative estimate of drug-likeness (QED) is 0.356. The first-order valence-corrected chi connectivity index (χ1v) is 13.7. The Morgan fingerprint density at radius 2 is 1.82 bits per heavy atom. The average Bonchev–Trinajstić information content (AvgIpc) is 3.03. The maximum atomic E-state index is 15.0. The number of anilines is 1. The lowest BCUT2D eigenvalue weighted by atomic mass is 10.0. The number of amides is 1. The number of aliphatic hydroxyl groups is 1. The third-order valence-electron chi connectivity index (χ3n) is 6.89. The van der Waals surface area contributed by atoms with Crippen LogP contribution in [0.2, 0.25) is 10.0 Å². The van der Waals surface area contributed by atoms with Gasteiger partial charge < -0.3 is 14.9 Å². The molecule has 0 spiro atoms. The van der Waals surface area contributed by atoms with Crippen molar-refractivity contribution in [2.24, 2.45) is 0 Å². The number of rotatable bonds is 3. The van der Waals surface area contributed by atoms with Crippen molar-refractivity contribution in [2.75, 3.05) is 23.7 Å². The zero-order valence-corrected chi connectivity index (χ0v) is 22.9. The Bertz CT molecular complexity index is 1540. The van der Waals surface area contributed by atoms with Gasteiger partial charge in [0.1, 0.15) is 17.5 Å². The van der Waals surface area contributed by atoms with Crippen LogP contribution in [0.1, 0.15) is 13.8 Å². The first-order valence-electron chi connectivity index (χ1n) is 11.9. The van der Waals surface area contributed by atoms with Crippen molar-refractivity contribution in [1.82, 2.24) is 14.5 Å². The summed E-state index contributed by atoms with van der Waals surface area (Å²) >= 11 is 14.0. The van der Waals surface area contributed by atoms with Gasteiger partial charge in [-0.1, -0.05) is 29.8 Å². The summed E-state index contributed by atoms with van der Waals surface area (Å²) in [6, 6.07) is 3.08. The summed E-state index contributed by atoms with van der Waals surface area (Å²) in [5.41, 5.74) is 0.112. The van der Waals surface area contributed by atoms with Gasteiger partial charge >= 0.3 is 5.69 Å². The van der Waals surface area contributed by atoms with Crippen molar-refractivity contribution >= 4 is 57.6 Å². The van der Waals surface area contributed by atoms with E-state index in [0.29, 0.717) is 40.8 Å². The summed E-state index contributed by atoms with van der Waals surface area (Å²) < 4.78 is 30.3. The summed E-state index contributed by atoms with van der Waals surface area (Å²) in [5, 5.41) is 11.0. The molecule has 2 aromatic carbocycles. The number of hydrogen-bond acceptors (Lipinski definition) is 6. The molecule has 1 N–H and O–H groups in total. The van der Waals surface area contributed by atoms with Crippen LogP contribution in [0, 0.1) is 11.6 Å². The molecule has 0 radical (unpaired) electrons. The van der Waals surface area contributed by atoms with Gasteiger partial charge in [-0.25, -0.2) is 13.6 Å². The van der Waals surface area contributed by atoms with Crippen LogP contribution in [0.15, 0.2) is 40.5 Å². The molecule has 0 aliphatic carbocycles. The highest BCUT2D eigenvalue weighted by Gasteiger charge is 2.35. The number of thioether (sulfide) groups is 1. The molecule has 1 aromatic heterocycles. The lowest BCUT2D eigenvalue weighted by Gasteiger charge is -2.44. The van der Waals surface area contributed by atoms with E-state index >= 15 is 4.39 Å². The minimum absolute atomic E-state index is 0.00916. The fourth-order valence-electron chi connectivity index (χ4n) is 5.36. The Kier molecular flexibility index (Phi) is 7.19. The monoisotopic (exact) mass is 580 g/mol. The topological polar surface area (TPSA) is 78.7 Å². The molecule has 1 amide bonds. The smallest absolute Gasteiger partial charge is 0.350 e. The van der Waals surface area contributed by atoms with Crippen LogP contribution in [0.25, 0.3) is 22.0 Å². The van der Waals surface area contributed by atoms with E-state index in [1.54, 1.807) is 11.0 Å². The average molecular weight is 581 g/mol. The van der Waals surface area contributed by atoms with Gasteiger partial charge in [0.05, 0.1) is 28.2 Å². The number of aliphatic hydroxyl groups excluding tert-OH is 1. The van der Waals surface area contributed by atoms with Crippen LogP contribution < -0.4 is 10.6 Å². The Morgan fingerprint density at radius 3 is 2.47 bits per heavy atom. The lowest BCUT2D eigenvalue weighted by Crippen LogP contribution is -2.58. The van der Waals surface area contributed by atoms with Crippen LogP contribution in [-0.4, -0.2) is 62.5 Å². The van der Waals surface area contributed by atoms with Crippen LogP contribution in [-0.2, 0) is 11.3 Å². The third kappa shape index (κ3) is 4.47. The first-order chi connectivity index (χ1) is 18.0. The molecule has 1 saturated heterocycles. The second-order valence-corrected chi connectivity index (χ2v) is 11.4. The molecule has 3 aromatic rings. The molecule has 200 valence electrons. The minimum atomic E-state index is -0.903. The van der Waals surface area contributed by atoms with Crippen LogP contribution in [0.5, 0.6) is 0 Å². The largest absolute Gasteiger partial charge is 0.390 e.